The third-order valence-corrected chi connectivity index (χ3v) is 5.67. The molecular weight excluding hydrogens is 489 g/mol. The number of ether oxygens (including phenoxy) is 1. The van der Waals surface area contributed by atoms with Crippen LogP contribution in [0.15, 0.2) is 22.5 Å². The number of nitrogens with zero attached hydrogens (tertiary/aromatic N) is 5. The molecule has 0 radical (unpaired) electrons. The number of hydrogen-bond acceptors (Lipinski definition) is 6. The molecule has 10 heteroatoms. The van der Waals surface area contributed by atoms with Crippen molar-refractivity contribution in [2.24, 2.45) is 4.99 Å². The maximum Gasteiger partial charge on any atom is 0.191 e. The second kappa shape index (κ2) is 11.1. The molecule has 1 aliphatic heterocycles. The van der Waals surface area contributed by atoms with E-state index in [1.54, 1.807) is 18.4 Å². The summed E-state index contributed by atoms with van der Waals surface area (Å²) in [6, 6.07) is 4.87. The highest BCUT2D eigenvalue weighted by Gasteiger charge is 2.23. The molecule has 2 aromatic heterocycles. The molecule has 0 bridgehead atoms. The van der Waals surface area contributed by atoms with Crippen molar-refractivity contribution in [3.05, 3.63) is 34.0 Å². The quantitative estimate of drug-likeness (QED) is 0.331. The second-order valence-corrected chi connectivity index (χ2v) is 7.87. The van der Waals surface area contributed by atoms with Gasteiger partial charge in [0.1, 0.15) is 12.4 Å². The zero-order chi connectivity index (χ0) is 19.2. The predicted molar refractivity (Wildman–Crippen MR) is 124 cm³/mol. The summed E-state index contributed by atoms with van der Waals surface area (Å²) in [5, 5.41) is 13.7. The molecule has 3 rings (SSSR count). The van der Waals surface area contributed by atoms with Crippen LogP contribution in [-0.2, 0) is 24.3 Å². The Bertz CT molecular complexity index is 747. The zero-order valence-corrected chi connectivity index (χ0v) is 20.0. The monoisotopic (exact) mass is 519 g/mol. The Labute approximate surface area is 187 Å². The van der Waals surface area contributed by atoms with Gasteiger partial charge in [-0.2, -0.15) is 5.10 Å². The SMILES string of the molecule is CN=C(NCC(c1cccs1)N(C)C)NC1CCc2nc(COC)nn2C1.I. The number of methoxy groups -OCH3 is 1. The van der Waals surface area contributed by atoms with E-state index in [1.165, 1.54) is 4.88 Å². The van der Waals surface area contributed by atoms with Crippen molar-refractivity contribution in [3.63, 3.8) is 0 Å². The van der Waals surface area contributed by atoms with Gasteiger partial charge in [0.05, 0.1) is 12.6 Å². The molecule has 0 amide bonds. The number of guanidine groups is 1. The van der Waals surface area contributed by atoms with Gasteiger partial charge in [0.15, 0.2) is 11.8 Å². The molecule has 156 valence electrons. The third-order valence-electron chi connectivity index (χ3n) is 4.70. The van der Waals surface area contributed by atoms with Crippen molar-refractivity contribution in [2.75, 3.05) is 34.8 Å². The van der Waals surface area contributed by atoms with E-state index in [9.17, 15) is 0 Å². The van der Waals surface area contributed by atoms with Crippen molar-refractivity contribution < 1.29 is 4.74 Å². The fraction of sp³-hybridized carbons (Fsp3) is 0.611. The number of aromatic nitrogens is 3. The van der Waals surface area contributed by atoms with Gasteiger partial charge in [-0.1, -0.05) is 6.07 Å². The fourth-order valence-electron chi connectivity index (χ4n) is 3.27. The largest absolute Gasteiger partial charge is 0.377 e. The smallest absolute Gasteiger partial charge is 0.191 e. The summed E-state index contributed by atoms with van der Waals surface area (Å²) in [5.74, 6) is 2.61. The van der Waals surface area contributed by atoms with Gasteiger partial charge in [-0.15, -0.1) is 35.3 Å². The van der Waals surface area contributed by atoms with Crippen LogP contribution < -0.4 is 10.6 Å². The van der Waals surface area contributed by atoms with Crippen LogP contribution in [0, 0.1) is 0 Å². The Morgan fingerprint density at radius 3 is 2.96 bits per heavy atom. The lowest BCUT2D eigenvalue weighted by Crippen LogP contribution is -2.48. The van der Waals surface area contributed by atoms with E-state index in [4.69, 9.17) is 4.74 Å². The van der Waals surface area contributed by atoms with Crippen molar-refractivity contribution >= 4 is 41.3 Å². The third kappa shape index (κ3) is 5.88. The number of nitrogens with one attached hydrogen (secondary N) is 2. The number of halogens is 1. The molecular formula is C18H30IN7OS. The minimum Gasteiger partial charge on any atom is -0.377 e. The average Bonchev–Trinajstić information content (AvgIpc) is 3.30. The molecule has 0 spiro atoms. The van der Waals surface area contributed by atoms with Gasteiger partial charge in [0.2, 0.25) is 0 Å². The van der Waals surface area contributed by atoms with Crippen molar-refractivity contribution in [2.45, 2.75) is 38.1 Å². The lowest BCUT2D eigenvalue weighted by atomic mass is 10.1. The molecule has 3 heterocycles. The van der Waals surface area contributed by atoms with Crippen LogP contribution in [0.4, 0.5) is 0 Å². The molecule has 8 nitrogen and oxygen atoms in total. The molecule has 0 aromatic carbocycles. The molecule has 2 aromatic rings. The molecule has 28 heavy (non-hydrogen) atoms. The Kier molecular flexibility index (Phi) is 9.12. The van der Waals surface area contributed by atoms with Gasteiger partial charge >= 0.3 is 0 Å². The lowest BCUT2D eigenvalue weighted by Gasteiger charge is -2.28. The number of fused-ring (bicyclic) bond motifs is 1. The number of likely N-dealkylation sites (N-methyl/N-ethyl adjacent to an activating group) is 1. The summed E-state index contributed by atoms with van der Waals surface area (Å²) in [6.07, 6.45) is 1.91. The summed E-state index contributed by atoms with van der Waals surface area (Å²) in [4.78, 5) is 12.5. The van der Waals surface area contributed by atoms with E-state index in [-0.39, 0.29) is 30.0 Å². The normalized spacial score (nSPS) is 17.8. The fourth-order valence-corrected chi connectivity index (χ4v) is 4.19. The summed E-state index contributed by atoms with van der Waals surface area (Å²) in [7, 11) is 7.68. The Hall–Kier alpha value is -1.24. The van der Waals surface area contributed by atoms with Gasteiger partial charge in [0, 0.05) is 38.0 Å². The first-order valence-corrected chi connectivity index (χ1v) is 10.1. The zero-order valence-electron chi connectivity index (χ0n) is 16.9. The average molecular weight is 519 g/mol. The van der Waals surface area contributed by atoms with E-state index in [1.807, 2.05) is 11.7 Å². The summed E-state index contributed by atoms with van der Waals surface area (Å²) in [5.41, 5.74) is 0. The predicted octanol–water partition coefficient (Wildman–Crippen LogP) is 1.89. The van der Waals surface area contributed by atoms with Crippen molar-refractivity contribution in [1.82, 2.24) is 30.3 Å². The number of aryl methyl sites for hydroxylation is 1. The van der Waals surface area contributed by atoms with Gasteiger partial charge in [0.25, 0.3) is 0 Å². The first-order valence-electron chi connectivity index (χ1n) is 9.19. The topological polar surface area (TPSA) is 79.6 Å². The van der Waals surface area contributed by atoms with E-state index in [2.05, 4.69) is 62.2 Å². The number of aliphatic imine (C=N–C) groups is 1. The van der Waals surface area contributed by atoms with Crippen LogP contribution >= 0.6 is 35.3 Å². The highest BCUT2D eigenvalue weighted by atomic mass is 127. The van der Waals surface area contributed by atoms with E-state index in [0.29, 0.717) is 12.6 Å². The molecule has 0 fully saturated rings. The minimum absolute atomic E-state index is 0. The highest BCUT2D eigenvalue weighted by molar-refractivity contribution is 14.0. The first-order chi connectivity index (χ1) is 13.1. The maximum atomic E-state index is 5.13. The van der Waals surface area contributed by atoms with E-state index in [0.717, 1.165) is 43.5 Å². The summed E-state index contributed by atoms with van der Waals surface area (Å²) < 4.78 is 7.12. The van der Waals surface area contributed by atoms with Crippen LogP contribution in [0.5, 0.6) is 0 Å². The highest BCUT2D eigenvalue weighted by Crippen LogP contribution is 2.22. The molecule has 2 N–H and O–H groups in total. The second-order valence-electron chi connectivity index (χ2n) is 6.89. The first kappa shape index (κ1) is 23.0. The Balaban J connectivity index is 0.00000280. The number of thiophene rings is 1. The molecule has 0 aliphatic carbocycles. The van der Waals surface area contributed by atoms with Crippen LogP contribution in [0.1, 0.15) is 29.0 Å². The van der Waals surface area contributed by atoms with Gasteiger partial charge < -0.3 is 20.3 Å². The standard InChI is InChI=1S/C18H29N7OS.HI/c1-19-18(20-10-14(24(2)3)15-6-5-9-27-15)21-13-7-8-17-22-16(12-26-4)23-25(17)11-13;/h5-6,9,13-14H,7-8,10-12H2,1-4H3,(H2,19,20,21);1H. The van der Waals surface area contributed by atoms with Gasteiger partial charge in [-0.25, -0.2) is 9.67 Å². The molecule has 0 saturated carbocycles. The molecule has 0 saturated heterocycles. The summed E-state index contributed by atoms with van der Waals surface area (Å²) in [6.45, 7) is 2.04. The van der Waals surface area contributed by atoms with Crippen LogP contribution in [0.25, 0.3) is 0 Å². The minimum atomic E-state index is 0. The van der Waals surface area contributed by atoms with Gasteiger partial charge in [-0.3, -0.25) is 4.99 Å². The van der Waals surface area contributed by atoms with E-state index >= 15 is 0 Å². The van der Waals surface area contributed by atoms with E-state index < -0.39 is 0 Å². The van der Waals surface area contributed by atoms with Crippen molar-refractivity contribution in [3.8, 4) is 0 Å². The molecule has 2 atom stereocenters. The Morgan fingerprint density at radius 2 is 2.32 bits per heavy atom. The molecule has 1 aliphatic rings. The lowest BCUT2D eigenvalue weighted by molar-refractivity contribution is 0.177. The van der Waals surface area contributed by atoms with Crippen LogP contribution in [0.2, 0.25) is 0 Å². The maximum absolute atomic E-state index is 5.13. The van der Waals surface area contributed by atoms with Crippen molar-refractivity contribution in [1.29, 1.82) is 0 Å². The van der Waals surface area contributed by atoms with Gasteiger partial charge in [-0.05, 0) is 32.0 Å². The Morgan fingerprint density at radius 1 is 1.50 bits per heavy atom. The van der Waals surface area contributed by atoms with Crippen LogP contribution in [0.3, 0.4) is 0 Å². The number of hydrogen-bond donors (Lipinski definition) is 2. The summed E-state index contributed by atoms with van der Waals surface area (Å²) >= 11 is 1.78. The number of rotatable bonds is 7. The van der Waals surface area contributed by atoms with Crippen LogP contribution in [-0.4, -0.2) is 66.5 Å². The molecule has 2 unspecified atom stereocenters.